The van der Waals surface area contributed by atoms with Gasteiger partial charge in [-0.15, -0.1) is 0 Å². The second-order valence-corrected chi connectivity index (χ2v) is 14.0. The predicted octanol–water partition coefficient (Wildman–Crippen LogP) is 7.20. The van der Waals surface area contributed by atoms with Gasteiger partial charge in [-0.3, -0.25) is 14.2 Å². The number of nitrogens with zero attached hydrogens (tertiary/aromatic N) is 2. The number of aromatic nitrogens is 1. The van der Waals surface area contributed by atoms with Gasteiger partial charge in [-0.25, -0.2) is 9.38 Å². The Labute approximate surface area is 301 Å². The summed E-state index contributed by atoms with van der Waals surface area (Å²) < 4.78 is 29.2. The minimum Gasteiger partial charge on any atom is -0.494 e. The van der Waals surface area contributed by atoms with Crippen LogP contribution in [0.4, 0.5) is 10.1 Å². The van der Waals surface area contributed by atoms with Crippen LogP contribution in [0.25, 0.3) is 6.08 Å². The van der Waals surface area contributed by atoms with Gasteiger partial charge in [-0.2, -0.15) is 0 Å². The molecule has 1 aliphatic heterocycles. The Balaban J connectivity index is 1.45. The lowest BCUT2D eigenvalue weighted by molar-refractivity contribution is -0.113. The zero-order valence-corrected chi connectivity index (χ0v) is 30.4. The number of amides is 1. The highest BCUT2D eigenvalue weighted by Crippen LogP contribution is 2.33. The topological polar surface area (TPSA) is 81.9 Å². The predicted molar refractivity (Wildman–Crippen MR) is 199 cm³/mol. The maximum absolute atomic E-state index is 14.3. The SMILES string of the molecule is CCOc1ccc([C@@H]2C(C(=O)Nc3ccccc3)=C(C)N=c3s/c(=C\c4cc(I)cc(I)c4OCc4ccc(F)cc4)c(=O)n32)cc1. The number of benzene rings is 4. The van der Waals surface area contributed by atoms with Crippen molar-refractivity contribution in [1.29, 1.82) is 0 Å². The van der Waals surface area contributed by atoms with Crippen LogP contribution in [0.15, 0.2) is 112 Å². The number of ether oxygens (including phenoxy) is 2. The van der Waals surface area contributed by atoms with E-state index in [1.54, 1.807) is 23.6 Å². The molecule has 7 nitrogen and oxygen atoms in total. The summed E-state index contributed by atoms with van der Waals surface area (Å²) in [4.78, 5) is 33.4. The van der Waals surface area contributed by atoms with Gasteiger partial charge in [0.2, 0.25) is 0 Å². The van der Waals surface area contributed by atoms with E-state index in [1.165, 1.54) is 23.5 Å². The van der Waals surface area contributed by atoms with Gasteiger partial charge in [0.15, 0.2) is 4.80 Å². The van der Waals surface area contributed by atoms with E-state index >= 15 is 0 Å². The molecule has 11 heteroatoms. The molecule has 47 heavy (non-hydrogen) atoms. The first-order chi connectivity index (χ1) is 22.7. The normalized spacial score (nSPS) is 14.4. The lowest BCUT2D eigenvalue weighted by Crippen LogP contribution is -2.40. The fraction of sp³-hybridized carbons (Fsp3) is 0.139. The average molecular weight is 872 g/mol. The van der Waals surface area contributed by atoms with Crippen molar-refractivity contribution < 1.29 is 18.7 Å². The standard InChI is InChI=1S/C36H28FI2N3O4S/c1-3-45-28-15-11-23(12-16-28)32-31(34(43)41-27-7-5-4-6-8-27)21(2)40-36-42(32)35(44)30(47-36)18-24-17-26(38)19-29(39)33(24)46-20-22-9-13-25(37)14-10-22/h4-19,32H,3,20H2,1-2H3,(H,41,43)/b30-18-/t32-/m1/s1. The molecular weight excluding hydrogens is 843 g/mol. The fourth-order valence-electron chi connectivity index (χ4n) is 5.28. The number of fused-ring (bicyclic) bond motifs is 1. The Kier molecular flexibility index (Phi) is 10.2. The molecule has 0 unspecified atom stereocenters. The molecule has 0 fully saturated rings. The summed E-state index contributed by atoms with van der Waals surface area (Å²) in [6, 6.07) is 26.0. The first kappa shape index (κ1) is 33.1. The Morgan fingerprint density at radius 1 is 1.02 bits per heavy atom. The molecule has 1 aromatic heterocycles. The molecule has 0 aliphatic carbocycles. The summed E-state index contributed by atoms with van der Waals surface area (Å²) in [5.74, 6) is 0.659. The number of halogens is 3. The van der Waals surface area contributed by atoms with Gasteiger partial charge in [0.25, 0.3) is 11.5 Å². The molecule has 0 saturated carbocycles. The molecule has 0 radical (unpaired) electrons. The van der Waals surface area contributed by atoms with Crippen LogP contribution in [-0.2, 0) is 11.4 Å². The van der Waals surface area contributed by atoms with Gasteiger partial charge < -0.3 is 14.8 Å². The fourth-order valence-corrected chi connectivity index (χ4v) is 8.36. The number of allylic oxidation sites excluding steroid dienone is 1. The highest BCUT2D eigenvalue weighted by molar-refractivity contribution is 14.1. The Morgan fingerprint density at radius 2 is 1.74 bits per heavy atom. The van der Waals surface area contributed by atoms with Gasteiger partial charge in [0.05, 0.1) is 32.0 Å². The minimum absolute atomic E-state index is 0.232. The Bertz CT molecular complexity index is 2160. The average Bonchev–Trinajstić information content (AvgIpc) is 3.35. The van der Waals surface area contributed by atoms with Crippen LogP contribution in [0.5, 0.6) is 11.5 Å². The Hall–Kier alpha value is -3.82. The second kappa shape index (κ2) is 14.5. The first-order valence-electron chi connectivity index (χ1n) is 14.7. The third-order valence-electron chi connectivity index (χ3n) is 7.42. The van der Waals surface area contributed by atoms with Crippen LogP contribution in [0.2, 0.25) is 0 Å². The zero-order chi connectivity index (χ0) is 33.1. The van der Waals surface area contributed by atoms with E-state index in [0.29, 0.717) is 44.4 Å². The Morgan fingerprint density at radius 3 is 2.45 bits per heavy atom. The van der Waals surface area contributed by atoms with E-state index < -0.39 is 6.04 Å². The largest absolute Gasteiger partial charge is 0.494 e. The molecular formula is C36H28FI2N3O4S. The summed E-state index contributed by atoms with van der Waals surface area (Å²) in [5, 5.41) is 2.98. The molecule has 1 aliphatic rings. The lowest BCUT2D eigenvalue weighted by atomic mass is 9.95. The first-order valence-corrected chi connectivity index (χ1v) is 17.7. The number of carbonyl (C=O) groups excluding carboxylic acids is 1. The molecule has 238 valence electrons. The molecule has 5 aromatic rings. The molecule has 2 heterocycles. The van der Waals surface area contributed by atoms with Crippen LogP contribution in [0.1, 0.15) is 36.6 Å². The molecule has 1 atom stereocenters. The number of thiazole rings is 1. The van der Waals surface area contributed by atoms with Crippen LogP contribution in [-0.4, -0.2) is 17.1 Å². The minimum atomic E-state index is -0.724. The van der Waals surface area contributed by atoms with Gasteiger partial charge >= 0.3 is 0 Å². The maximum Gasteiger partial charge on any atom is 0.271 e. The molecule has 0 bridgehead atoms. The summed E-state index contributed by atoms with van der Waals surface area (Å²) in [6.45, 7) is 4.46. The van der Waals surface area contributed by atoms with Crippen molar-refractivity contribution in [2.75, 3.05) is 11.9 Å². The molecule has 1 amide bonds. The van der Waals surface area contributed by atoms with E-state index in [0.717, 1.165) is 23.8 Å². The third-order valence-corrected chi connectivity index (χ3v) is 9.83. The molecule has 0 saturated heterocycles. The van der Waals surface area contributed by atoms with Crippen LogP contribution in [0, 0.1) is 13.0 Å². The number of hydrogen-bond donors (Lipinski definition) is 1. The van der Waals surface area contributed by atoms with E-state index in [-0.39, 0.29) is 23.9 Å². The number of hydrogen-bond acceptors (Lipinski definition) is 6. The van der Waals surface area contributed by atoms with Crippen molar-refractivity contribution >= 4 is 74.2 Å². The zero-order valence-electron chi connectivity index (χ0n) is 25.3. The summed E-state index contributed by atoms with van der Waals surface area (Å²) >= 11 is 5.72. The van der Waals surface area contributed by atoms with E-state index in [4.69, 9.17) is 14.5 Å². The number of anilines is 1. The second-order valence-electron chi connectivity index (χ2n) is 10.6. The van der Waals surface area contributed by atoms with E-state index in [1.807, 2.05) is 79.7 Å². The van der Waals surface area contributed by atoms with Crippen molar-refractivity contribution in [2.45, 2.75) is 26.5 Å². The van der Waals surface area contributed by atoms with Crippen molar-refractivity contribution in [1.82, 2.24) is 4.57 Å². The highest BCUT2D eigenvalue weighted by Gasteiger charge is 2.32. The summed E-state index contributed by atoms with van der Waals surface area (Å²) in [6.07, 6.45) is 1.81. The summed E-state index contributed by atoms with van der Waals surface area (Å²) in [7, 11) is 0. The van der Waals surface area contributed by atoms with Crippen LogP contribution in [0.3, 0.4) is 0 Å². The van der Waals surface area contributed by atoms with Crippen molar-refractivity contribution in [2.24, 2.45) is 4.99 Å². The van der Waals surface area contributed by atoms with Crippen LogP contribution >= 0.6 is 56.5 Å². The van der Waals surface area contributed by atoms with Gasteiger partial charge in [0.1, 0.15) is 23.9 Å². The quantitative estimate of drug-likeness (QED) is 0.159. The van der Waals surface area contributed by atoms with Gasteiger partial charge in [-0.1, -0.05) is 53.8 Å². The molecule has 0 spiro atoms. The van der Waals surface area contributed by atoms with Crippen molar-refractivity contribution in [3.8, 4) is 11.5 Å². The van der Waals surface area contributed by atoms with E-state index in [2.05, 4.69) is 50.5 Å². The monoisotopic (exact) mass is 871 g/mol. The van der Waals surface area contributed by atoms with Crippen molar-refractivity contribution in [3.63, 3.8) is 0 Å². The highest BCUT2D eigenvalue weighted by atomic mass is 127. The van der Waals surface area contributed by atoms with Crippen LogP contribution < -0.4 is 29.7 Å². The maximum atomic E-state index is 14.3. The summed E-state index contributed by atoms with van der Waals surface area (Å²) in [5.41, 5.74) is 3.56. The molecule has 6 rings (SSSR count). The smallest absolute Gasteiger partial charge is 0.271 e. The number of nitrogens with one attached hydrogen (secondary N) is 1. The van der Waals surface area contributed by atoms with Crippen molar-refractivity contribution in [3.05, 3.63) is 152 Å². The number of carbonyl (C=O) groups is 1. The lowest BCUT2D eigenvalue weighted by Gasteiger charge is -2.25. The van der Waals surface area contributed by atoms with E-state index in [9.17, 15) is 14.0 Å². The number of rotatable bonds is 9. The van der Waals surface area contributed by atoms with Gasteiger partial charge in [0, 0.05) is 14.8 Å². The van der Waals surface area contributed by atoms with Gasteiger partial charge in [-0.05, 0) is 125 Å². The molecule has 1 N–H and O–H groups in total. The molecule has 4 aromatic carbocycles. The number of para-hydroxylation sites is 1. The third kappa shape index (κ3) is 7.36.